The maximum atomic E-state index is 12.6. The van der Waals surface area contributed by atoms with Crippen molar-refractivity contribution in [3.63, 3.8) is 0 Å². The topological polar surface area (TPSA) is 59.8 Å². The SMILES string of the molecule is COC(=O)[C@@H]1CN(C(=O)Cc2coc3c(C)c(C)ccc23)CCS1. The summed E-state index contributed by atoms with van der Waals surface area (Å²) < 4.78 is 10.5. The summed E-state index contributed by atoms with van der Waals surface area (Å²) in [6.07, 6.45) is 1.96. The summed E-state index contributed by atoms with van der Waals surface area (Å²) in [6, 6.07) is 4.05. The van der Waals surface area contributed by atoms with Gasteiger partial charge in [-0.3, -0.25) is 9.59 Å². The van der Waals surface area contributed by atoms with E-state index in [0.29, 0.717) is 13.1 Å². The molecule has 0 radical (unpaired) electrons. The quantitative estimate of drug-likeness (QED) is 0.799. The van der Waals surface area contributed by atoms with Crippen molar-refractivity contribution in [3.05, 3.63) is 35.1 Å². The van der Waals surface area contributed by atoms with Crippen molar-refractivity contribution in [1.29, 1.82) is 0 Å². The number of amides is 1. The van der Waals surface area contributed by atoms with Gasteiger partial charge in [-0.2, -0.15) is 0 Å². The van der Waals surface area contributed by atoms with Crippen LogP contribution in [0, 0.1) is 13.8 Å². The van der Waals surface area contributed by atoms with E-state index in [1.807, 2.05) is 26.0 Å². The van der Waals surface area contributed by atoms with E-state index < -0.39 is 0 Å². The van der Waals surface area contributed by atoms with Crippen LogP contribution in [0.2, 0.25) is 0 Å². The van der Waals surface area contributed by atoms with Gasteiger partial charge in [0.05, 0.1) is 19.8 Å². The molecule has 1 atom stereocenters. The minimum absolute atomic E-state index is 0.0186. The fourth-order valence-corrected chi connectivity index (χ4v) is 4.08. The maximum absolute atomic E-state index is 12.6. The number of esters is 1. The van der Waals surface area contributed by atoms with E-state index in [-0.39, 0.29) is 23.5 Å². The van der Waals surface area contributed by atoms with Gasteiger partial charge < -0.3 is 14.1 Å². The van der Waals surface area contributed by atoms with E-state index in [9.17, 15) is 9.59 Å². The number of methoxy groups -OCH3 is 1. The zero-order valence-corrected chi connectivity index (χ0v) is 14.9. The molecular formula is C18H21NO4S. The van der Waals surface area contributed by atoms with E-state index in [0.717, 1.165) is 27.8 Å². The first-order valence-electron chi connectivity index (χ1n) is 7.94. The number of carbonyl (C=O) groups is 2. The van der Waals surface area contributed by atoms with Crippen molar-refractivity contribution in [3.8, 4) is 0 Å². The molecule has 24 heavy (non-hydrogen) atoms. The van der Waals surface area contributed by atoms with E-state index in [2.05, 4.69) is 0 Å². The molecule has 1 aromatic carbocycles. The number of benzene rings is 1. The second kappa shape index (κ2) is 6.89. The van der Waals surface area contributed by atoms with Crippen LogP contribution in [0.25, 0.3) is 11.0 Å². The number of rotatable bonds is 3. The van der Waals surface area contributed by atoms with Crippen LogP contribution < -0.4 is 0 Å². The van der Waals surface area contributed by atoms with Crippen LogP contribution in [0.1, 0.15) is 16.7 Å². The van der Waals surface area contributed by atoms with Crippen LogP contribution in [0.4, 0.5) is 0 Å². The van der Waals surface area contributed by atoms with Crippen molar-refractivity contribution in [2.45, 2.75) is 25.5 Å². The fourth-order valence-electron chi connectivity index (χ4n) is 2.95. The Kier molecular flexibility index (Phi) is 4.85. The molecule has 0 unspecified atom stereocenters. The summed E-state index contributed by atoms with van der Waals surface area (Å²) in [7, 11) is 1.38. The summed E-state index contributed by atoms with van der Waals surface area (Å²) in [6.45, 7) is 5.13. The van der Waals surface area contributed by atoms with E-state index in [4.69, 9.17) is 9.15 Å². The predicted octanol–water partition coefficient (Wildman–Crippen LogP) is 2.71. The number of hydrogen-bond acceptors (Lipinski definition) is 5. The number of hydrogen-bond donors (Lipinski definition) is 0. The Morgan fingerprint density at radius 2 is 2.17 bits per heavy atom. The zero-order valence-electron chi connectivity index (χ0n) is 14.1. The highest BCUT2D eigenvalue weighted by molar-refractivity contribution is 8.00. The highest BCUT2D eigenvalue weighted by Crippen LogP contribution is 2.27. The van der Waals surface area contributed by atoms with Crippen LogP contribution in [0.3, 0.4) is 0 Å². The Hall–Kier alpha value is -1.95. The normalized spacial score (nSPS) is 18.0. The van der Waals surface area contributed by atoms with Crippen LogP contribution in [0.15, 0.2) is 22.8 Å². The van der Waals surface area contributed by atoms with Crippen LogP contribution >= 0.6 is 11.8 Å². The van der Waals surface area contributed by atoms with Gasteiger partial charge in [-0.05, 0) is 25.0 Å². The molecule has 1 aliphatic rings. The van der Waals surface area contributed by atoms with Gasteiger partial charge >= 0.3 is 5.97 Å². The van der Waals surface area contributed by atoms with Gasteiger partial charge in [-0.25, -0.2) is 0 Å². The van der Waals surface area contributed by atoms with Crippen LogP contribution in [-0.2, 0) is 20.7 Å². The lowest BCUT2D eigenvalue weighted by atomic mass is 10.0. The van der Waals surface area contributed by atoms with Crippen molar-refractivity contribution in [1.82, 2.24) is 4.90 Å². The summed E-state index contributed by atoms with van der Waals surface area (Å²) in [4.78, 5) is 26.1. The minimum atomic E-state index is -0.293. The van der Waals surface area contributed by atoms with Crippen molar-refractivity contribution >= 4 is 34.6 Å². The smallest absolute Gasteiger partial charge is 0.320 e. The number of furan rings is 1. The average Bonchev–Trinajstić information content (AvgIpc) is 3.01. The first-order chi connectivity index (χ1) is 11.5. The van der Waals surface area contributed by atoms with Crippen LogP contribution in [-0.4, -0.2) is 48.0 Å². The Bertz CT molecular complexity index is 783. The maximum Gasteiger partial charge on any atom is 0.320 e. The third kappa shape index (κ3) is 3.15. The Morgan fingerprint density at radius 1 is 1.38 bits per heavy atom. The number of aryl methyl sites for hydroxylation is 2. The second-order valence-electron chi connectivity index (χ2n) is 6.04. The number of fused-ring (bicyclic) bond motifs is 1. The van der Waals surface area contributed by atoms with Crippen molar-refractivity contribution in [2.24, 2.45) is 0 Å². The molecule has 0 bridgehead atoms. The molecule has 1 saturated heterocycles. The summed E-state index contributed by atoms with van der Waals surface area (Å²) in [5, 5.41) is 0.695. The van der Waals surface area contributed by atoms with Gasteiger partial charge in [-0.1, -0.05) is 12.1 Å². The standard InChI is InChI=1S/C18H21NO4S/c1-11-4-5-14-13(10-23-17(14)12(11)2)8-16(20)19-6-7-24-15(9-19)18(21)22-3/h4-5,10,15H,6-9H2,1-3H3/t15-/m0/s1. The molecule has 0 spiro atoms. The Morgan fingerprint density at radius 3 is 2.92 bits per heavy atom. The second-order valence-corrected chi connectivity index (χ2v) is 7.35. The van der Waals surface area contributed by atoms with Crippen molar-refractivity contribution < 1.29 is 18.7 Å². The molecule has 0 aliphatic carbocycles. The lowest BCUT2D eigenvalue weighted by Gasteiger charge is -2.31. The van der Waals surface area contributed by atoms with Gasteiger partial charge in [0.1, 0.15) is 10.8 Å². The van der Waals surface area contributed by atoms with E-state index in [1.54, 1.807) is 22.9 Å². The molecule has 1 aliphatic heterocycles. The zero-order chi connectivity index (χ0) is 17.3. The molecule has 6 heteroatoms. The van der Waals surface area contributed by atoms with Gasteiger partial charge in [0.2, 0.25) is 5.91 Å². The highest BCUT2D eigenvalue weighted by Gasteiger charge is 2.30. The average molecular weight is 347 g/mol. The summed E-state index contributed by atoms with van der Waals surface area (Å²) in [5.74, 6) is 0.498. The molecule has 2 heterocycles. The first kappa shape index (κ1) is 16.9. The van der Waals surface area contributed by atoms with Crippen molar-refractivity contribution in [2.75, 3.05) is 26.0 Å². The van der Waals surface area contributed by atoms with Gasteiger partial charge in [0, 0.05) is 29.8 Å². The first-order valence-corrected chi connectivity index (χ1v) is 8.99. The lowest BCUT2D eigenvalue weighted by Crippen LogP contribution is -2.45. The third-order valence-electron chi connectivity index (χ3n) is 4.57. The fraction of sp³-hybridized carbons (Fsp3) is 0.444. The molecule has 0 saturated carbocycles. The highest BCUT2D eigenvalue weighted by atomic mass is 32.2. The Labute approximate surface area is 145 Å². The molecule has 1 amide bonds. The number of ether oxygens (including phenoxy) is 1. The number of thioether (sulfide) groups is 1. The largest absolute Gasteiger partial charge is 0.468 e. The van der Waals surface area contributed by atoms with E-state index in [1.165, 1.54) is 12.7 Å². The molecule has 1 fully saturated rings. The van der Waals surface area contributed by atoms with Gasteiger partial charge in [-0.15, -0.1) is 11.8 Å². The molecule has 5 nitrogen and oxygen atoms in total. The number of nitrogens with zero attached hydrogens (tertiary/aromatic N) is 1. The van der Waals surface area contributed by atoms with Crippen LogP contribution in [0.5, 0.6) is 0 Å². The Balaban J connectivity index is 1.75. The minimum Gasteiger partial charge on any atom is -0.468 e. The predicted molar refractivity (Wildman–Crippen MR) is 94.2 cm³/mol. The monoisotopic (exact) mass is 347 g/mol. The third-order valence-corrected chi connectivity index (χ3v) is 5.73. The summed E-state index contributed by atoms with van der Waals surface area (Å²) in [5.41, 5.74) is 4.01. The number of carbonyl (C=O) groups excluding carboxylic acids is 2. The molecule has 1 aromatic heterocycles. The molecule has 128 valence electrons. The van der Waals surface area contributed by atoms with E-state index >= 15 is 0 Å². The molecule has 3 rings (SSSR count). The van der Waals surface area contributed by atoms with Gasteiger partial charge in [0.15, 0.2) is 0 Å². The summed E-state index contributed by atoms with van der Waals surface area (Å²) >= 11 is 1.54. The molecule has 2 aromatic rings. The molecular weight excluding hydrogens is 326 g/mol. The van der Waals surface area contributed by atoms with Gasteiger partial charge in [0.25, 0.3) is 0 Å². The lowest BCUT2D eigenvalue weighted by molar-refractivity contribution is -0.141. The molecule has 0 N–H and O–H groups in total.